The lowest BCUT2D eigenvalue weighted by atomic mass is 10.1. The molecule has 1 fully saturated rings. The lowest BCUT2D eigenvalue weighted by Gasteiger charge is -2.11. The number of nitrogens with two attached hydrogens (primary N) is 1. The van der Waals surface area contributed by atoms with Gasteiger partial charge in [-0.25, -0.2) is 0 Å². The molecule has 19 heavy (non-hydrogen) atoms. The van der Waals surface area contributed by atoms with E-state index in [-0.39, 0.29) is 6.04 Å². The third-order valence-electron chi connectivity index (χ3n) is 3.52. The molecule has 3 rings (SSSR count). The second-order valence-electron chi connectivity index (χ2n) is 5.24. The predicted octanol–water partition coefficient (Wildman–Crippen LogP) is 1.24. The highest BCUT2D eigenvalue weighted by Gasteiger charge is 2.22. The Kier molecular flexibility index (Phi) is 3.21. The molecule has 0 saturated carbocycles. The number of hydrogen-bond acceptors (Lipinski definition) is 4. The first-order valence-corrected chi connectivity index (χ1v) is 6.68. The number of aryl methyl sites for hydroxylation is 1. The summed E-state index contributed by atoms with van der Waals surface area (Å²) < 4.78 is 0. The summed E-state index contributed by atoms with van der Waals surface area (Å²) in [5.41, 5.74) is 8.41. The van der Waals surface area contributed by atoms with Gasteiger partial charge < -0.3 is 10.6 Å². The number of aromatic nitrogens is 3. The van der Waals surface area contributed by atoms with Crippen molar-refractivity contribution in [3.63, 3.8) is 0 Å². The molecule has 1 atom stereocenters. The molecule has 3 N–H and O–H groups in total. The van der Waals surface area contributed by atoms with Crippen molar-refractivity contribution in [2.45, 2.75) is 25.8 Å². The fourth-order valence-corrected chi connectivity index (χ4v) is 2.37. The van der Waals surface area contributed by atoms with Gasteiger partial charge in [-0.15, -0.1) is 5.10 Å². The first-order valence-electron chi connectivity index (χ1n) is 6.68. The lowest BCUT2D eigenvalue weighted by Crippen LogP contribution is -2.27. The molecule has 2 heterocycles. The minimum absolute atomic E-state index is 0.249. The van der Waals surface area contributed by atoms with E-state index in [1.807, 2.05) is 0 Å². The summed E-state index contributed by atoms with van der Waals surface area (Å²) in [6, 6.07) is 8.74. The summed E-state index contributed by atoms with van der Waals surface area (Å²) in [6.45, 7) is 3.89. The number of anilines is 1. The van der Waals surface area contributed by atoms with Gasteiger partial charge in [-0.2, -0.15) is 4.98 Å². The zero-order chi connectivity index (χ0) is 13.2. The van der Waals surface area contributed by atoms with E-state index in [2.05, 4.69) is 51.3 Å². The molecule has 1 aliphatic heterocycles. The summed E-state index contributed by atoms with van der Waals surface area (Å²) >= 11 is 0. The molecule has 5 nitrogen and oxygen atoms in total. The van der Waals surface area contributed by atoms with E-state index in [0.29, 0.717) is 0 Å². The van der Waals surface area contributed by atoms with Crippen LogP contribution in [0.3, 0.4) is 0 Å². The van der Waals surface area contributed by atoms with Crippen LogP contribution in [0, 0.1) is 6.92 Å². The molecule has 1 aromatic carbocycles. The number of aromatic amines is 1. The molecule has 0 spiro atoms. The molecule has 1 unspecified atom stereocenters. The molecule has 0 aliphatic carbocycles. The lowest BCUT2D eigenvalue weighted by molar-refractivity contribution is 0.750. The quantitative estimate of drug-likeness (QED) is 0.868. The van der Waals surface area contributed by atoms with Crippen molar-refractivity contribution in [3.05, 3.63) is 41.2 Å². The maximum atomic E-state index is 5.90. The SMILES string of the molecule is Cc1ccc(Cc2nc(N3CCC(N)C3)n[nH]2)cc1. The monoisotopic (exact) mass is 257 g/mol. The van der Waals surface area contributed by atoms with Crippen LogP contribution in [0.2, 0.25) is 0 Å². The first kappa shape index (κ1) is 12.2. The van der Waals surface area contributed by atoms with Crippen LogP contribution in [0.5, 0.6) is 0 Å². The van der Waals surface area contributed by atoms with E-state index in [4.69, 9.17) is 5.73 Å². The Morgan fingerprint density at radius 3 is 2.84 bits per heavy atom. The molecule has 1 aliphatic rings. The Hall–Kier alpha value is -1.88. The minimum Gasteiger partial charge on any atom is -0.338 e. The Morgan fingerprint density at radius 2 is 2.16 bits per heavy atom. The molecule has 0 radical (unpaired) electrons. The van der Waals surface area contributed by atoms with Gasteiger partial charge in [0, 0.05) is 25.6 Å². The third kappa shape index (κ3) is 2.76. The molecule has 5 heteroatoms. The normalized spacial score (nSPS) is 19.1. The van der Waals surface area contributed by atoms with Crippen LogP contribution >= 0.6 is 0 Å². The maximum absolute atomic E-state index is 5.90. The van der Waals surface area contributed by atoms with Crippen molar-refractivity contribution in [3.8, 4) is 0 Å². The zero-order valence-electron chi connectivity index (χ0n) is 11.1. The average Bonchev–Trinajstić information content (AvgIpc) is 3.01. The molecular formula is C14H19N5. The van der Waals surface area contributed by atoms with Gasteiger partial charge in [-0.3, -0.25) is 5.10 Å². The molecular weight excluding hydrogens is 238 g/mol. The highest BCUT2D eigenvalue weighted by atomic mass is 15.4. The maximum Gasteiger partial charge on any atom is 0.244 e. The van der Waals surface area contributed by atoms with E-state index >= 15 is 0 Å². The highest BCUT2D eigenvalue weighted by molar-refractivity contribution is 5.32. The van der Waals surface area contributed by atoms with Crippen LogP contribution in [0.25, 0.3) is 0 Å². The molecule has 1 aromatic heterocycles. The molecule has 1 saturated heterocycles. The zero-order valence-corrected chi connectivity index (χ0v) is 11.1. The largest absolute Gasteiger partial charge is 0.338 e. The smallest absolute Gasteiger partial charge is 0.244 e. The summed E-state index contributed by atoms with van der Waals surface area (Å²) in [5, 5.41) is 7.30. The minimum atomic E-state index is 0.249. The number of nitrogens with one attached hydrogen (secondary N) is 1. The van der Waals surface area contributed by atoms with Gasteiger partial charge in [-0.1, -0.05) is 29.8 Å². The van der Waals surface area contributed by atoms with Crippen LogP contribution < -0.4 is 10.6 Å². The second-order valence-corrected chi connectivity index (χ2v) is 5.24. The topological polar surface area (TPSA) is 70.8 Å². The third-order valence-corrected chi connectivity index (χ3v) is 3.52. The fraction of sp³-hybridized carbons (Fsp3) is 0.429. The highest BCUT2D eigenvalue weighted by Crippen LogP contribution is 2.16. The summed E-state index contributed by atoms with van der Waals surface area (Å²) in [5.74, 6) is 1.68. The van der Waals surface area contributed by atoms with Gasteiger partial charge in [-0.05, 0) is 18.9 Å². The van der Waals surface area contributed by atoms with E-state index in [1.165, 1.54) is 11.1 Å². The standard InChI is InChI=1S/C14H19N5/c1-10-2-4-11(5-3-10)8-13-16-14(18-17-13)19-7-6-12(15)9-19/h2-5,12H,6-9,15H2,1H3,(H,16,17,18). The Balaban J connectivity index is 1.69. The van der Waals surface area contributed by atoms with E-state index < -0.39 is 0 Å². The van der Waals surface area contributed by atoms with Crippen molar-refractivity contribution < 1.29 is 0 Å². The van der Waals surface area contributed by atoms with Crippen LogP contribution in [-0.4, -0.2) is 34.3 Å². The van der Waals surface area contributed by atoms with Gasteiger partial charge in [0.15, 0.2) is 0 Å². The van der Waals surface area contributed by atoms with Crippen molar-refractivity contribution in [1.29, 1.82) is 0 Å². The Labute approximate surface area is 112 Å². The fourth-order valence-electron chi connectivity index (χ4n) is 2.37. The van der Waals surface area contributed by atoms with Gasteiger partial charge >= 0.3 is 0 Å². The number of rotatable bonds is 3. The van der Waals surface area contributed by atoms with Crippen LogP contribution in [0.15, 0.2) is 24.3 Å². The van der Waals surface area contributed by atoms with Gasteiger partial charge in [0.05, 0.1) is 0 Å². The number of H-pyrrole nitrogens is 1. The van der Waals surface area contributed by atoms with Crippen molar-refractivity contribution in [1.82, 2.24) is 15.2 Å². The van der Waals surface area contributed by atoms with Crippen molar-refractivity contribution in [2.24, 2.45) is 5.73 Å². The number of hydrogen-bond donors (Lipinski definition) is 2. The summed E-state index contributed by atoms with van der Waals surface area (Å²) in [4.78, 5) is 6.69. The van der Waals surface area contributed by atoms with Crippen LogP contribution in [0.1, 0.15) is 23.4 Å². The van der Waals surface area contributed by atoms with E-state index in [0.717, 1.165) is 37.7 Å². The van der Waals surface area contributed by atoms with E-state index in [9.17, 15) is 0 Å². The van der Waals surface area contributed by atoms with Crippen LogP contribution in [0.4, 0.5) is 5.95 Å². The molecule has 100 valence electrons. The molecule has 2 aromatic rings. The van der Waals surface area contributed by atoms with Crippen molar-refractivity contribution in [2.75, 3.05) is 18.0 Å². The number of nitrogens with zero attached hydrogens (tertiary/aromatic N) is 3. The van der Waals surface area contributed by atoms with Gasteiger partial charge in [0.25, 0.3) is 0 Å². The summed E-state index contributed by atoms with van der Waals surface area (Å²) in [7, 11) is 0. The predicted molar refractivity (Wildman–Crippen MR) is 75.2 cm³/mol. The van der Waals surface area contributed by atoms with Crippen molar-refractivity contribution >= 4 is 5.95 Å². The summed E-state index contributed by atoms with van der Waals surface area (Å²) in [6.07, 6.45) is 1.80. The average molecular weight is 257 g/mol. The molecule has 0 bridgehead atoms. The van der Waals surface area contributed by atoms with Crippen LogP contribution in [-0.2, 0) is 6.42 Å². The number of benzene rings is 1. The van der Waals surface area contributed by atoms with Gasteiger partial charge in [0.2, 0.25) is 5.95 Å². The van der Waals surface area contributed by atoms with E-state index in [1.54, 1.807) is 0 Å². The Bertz CT molecular complexity index is 545. The molecule has 0 amide bonds. The Morgan fingerprint density at radius 1 is 1.37 bits per heavy atom. The first-order chi connectivity index (χ1) is 9.20. The second kappa shape index (κ2) is 5.01. The van der Waals surface area contributed by atoms with Gasteiger partial charge in [0.1, 0.15) is 5.82 Å².